The number of rotatable bonds is 4. The molecule has 0 unspecified atom stereocenters. The van der Waals surface area contributed by atoms with Gasteiger partial charge in [-0.1, -0.05) is 30.3 Å². The summed E-state index contributed by atoms with van der Waals surface area (Å²) < 4.78 is 33.3. The molecular weight excluding hydrogens is 390 g/mol. The van der Waals surface area contributed by atoms with E-state index in [-0.39, 0.29) is 27.1 Å². The van der Waals surface area contributed by atoms with E-state index in [1.54, 1.807) is 24.3 Å². The van der Waals surface area contributed by atoms with Crippen LogP contribution in [0.25, 0.3) is 22.0 Å². The highest BCUT2D eigenvalue weighted by Crippen LogP contribution is 2.39. The maximum atomic E-state index is 11.8. The van der Waals surface area contributed by atoms with Crippen molar-refractivity contribution in [3.8, 4) is 16.9 Å². The van der Waals surface area contributed by atoms with E-state index in [1.165, 1.54) is 24.4 Å². The van der Waals surface area contributed by atoms with E-state index >= 15 is 0 Å². The second kappa shape index (κ2) is 7.42. The number of hydrogen-bond acceptors (Lipinski definition) is 6. The predicted molar refractivity (Wildman–Crippen MR) is 109 cm³/mol. The van der Waals surface area contributed by atoms with Crippen molar-refractivity contribution < 1.29 is 18.1 Å². The lowest BCUT2D eigenvalue weighted by atomic mass is 10.0. The minimum atomic E-state index is -4.51. The van der Waals surface area contributed by atoms with Gasteiger partial charge in [-0.3, -0.25) is 9.54 Å². The van der Waals surface area contributed by atoms with E-state index < -0.39 is 10.1 Å². The first-order chi connectivity index (χ1) is 13.9. The summed E-state index contributed by atoms with van der Waals surface area (Å²) in [5.41, 5.74) is 2.16. The topological polar surface area (TPSA) is 112 Å². The van der Waals surface area contributed by atoms with Crippen LogP contribution in [-0.4, -0.2) is 23.1 Å². The fraction of sp³-hybridized carbons (Fsp3) is 0. The Labute approximate surface area is 166 Å². The number of nitrogens with zero attached hydrogens (tertiary/aromatic N) is 3. The van der Waals surface area contributed by atoms with Gasteiger partial charge < -0.3 is 5.11 Å². The molecule has 29 heavy (non-hydrogen) atoms. The van der Waals surface area contributed by atoms with Crippen LogP contribution in [0.1, 0.15) is 0 Å². The van der Waals surface area contributed by atoms with Crippen molar-refractivity contribution in [3.63, 3.8) is 0 Å². The summed E-state index contributed by atoms with van der Waals surface area (Å²) in [6.45, 7) is 0. The summed E-state index contributed by atoms with van der Waals surface area (Å²) >= 11 is 0. The molecule has 0 saturated heterocycles. The zero-order valence-corrected chi connectivity index (χ0v) is 15.8. The molecule has 2 N–H and O–H groups in total. The van der Waals surface area contributed by atoms with E-state index in [2.05, 4.69) is 15.2 Å². The Morgan fingerprint density at radius 2 is 1.48 bits per heavy atom. The summed E-state index contributed by atoms with van der Waals surface area (Å²) in [5.74, 6) is -0.174. The van der Waals surface area contributed by atoms with Gasteiger partial charge in [0.25, 0.3) is 10.1 Å². The fourth-order valence-corrected chi connectivity index (χ4v) is 3.66. The van der Waals surface area contributed by atoms with Gasteiger partial charge in [-0.25, -0.2) is 0 Å². The first-order valence-electron chi connectivity index (χ1n) is 8.59. The number of aromatic hydroxyl groups is 1. The summed E-state index contributed by atoms with van der Waals surface area (Å²) in [6.07, 6.45) is 1.44. The van der Waals surface area contributed by atoms with Crippen LogP contribution in [0, 0.1) is 0 Å². The average Bonchev–Trinajstić information content (AvgIpc) is 2.73. The smallest absolute Gasteiger partial charge is 0.295 e. The summed E-state index contributed by atoms with van der Waals surface area (Å²) in [5, 5.41) is 19.1. The lowest BCUT2D eigenvalue weighted by Gasteiger charge is -2.11. The molecule has 0 aliphatic rings. The SMILES string of the molecule is O=S(=O)(O)c1cc(-c2ccc(N=Nc3ccccc3)cc2)c(O)c2ncccc12. The molecule has 7 nitrogen and oxygen atoms in total. The van der Waals surface area contributed by atoms with Crippen LogP contribution in [0.5, 0.6) is 5.75 Å². The largest absolute Gasteiger partial charge is 0.505 e. The van der Waals surface area contributed by atoms with E-state index in [9.17, 15) is 18.1 Å². The third kappa shape index (κ3) is 3.84. The second-order valence-electron chi connectivity index (χ2n) is 6.23. The highest BCUT2D eigenvalue weighted by atomic mass is 32.2. The number of phenolic OH excluding ortho intramolecular Hbond substituents is 1. The van der Waals surface area contributed by atoms with E-state index in [4.69, 9.17) is 0 Å². The number of phenols is 1. The molecule has 1 heterocycles. The summed E-state index contributed by atoms with van der Waals surface area (Å²) in [7, 11) is -4.51. The minimum Gasteiger partial charge on any atom is -0.505 e. The Bertz CT molecular complexity index is 1320. The number of azo groups is 1. The van der Waals surface area contributed by atoms with Crippen LogP contribution in [0.4, 0.5) is 11.4 Å². The number of pyridine rings is 1. The van der Waals surface area contributed by atoms with Gasteiger partial charge >= 0.3 is 0 Å². The monoisotopic (exact) mass is 405 g/mol. The van der Waals surface area contributed by atoms with E-state index in [0.29, 0.717) is 16.9 Å². The predicted octanol–water partition coefficient (Wildman–Crippen LogP) is 5.27. The average molecular weight is 405 g/mol. The molecule has 4 aromatic rings. The molecule has 0 amide bonds. The molecule has 0 fully saturated rings. The zero-order chi connectivity index (χ0) is 20.4. The van der Waals surface area contributed by atoms with Crippen molar-refractivity contribution in [1.29, 1.82) is 0 Å². The third-order valence-electron chi connectivity index (χ3n) is 4.32. The first-order valence-corrected chi connectivity index (χ1v) is 10.0. The molecule has 0 spiro atoms. The maximum Gasteiger partial charge on any atom is 0.295 e. The van der Waals surface area contributed by atoms with E-state index in [1.807, 2.05) is 30.3 Å². The summed E-state index contributed by atoms with van der Waals surface area (Å²) in [6, 6.07) is 20.2. The lowest BCUT2D eigenvalue weighted by Crippen LogP contribution is -2.00. The van der Waals surface area contributed by atoms with Gasteiger partial charge in [-0.2, -0.15) is 18.6 Å². The molecule has 0 atom stereocenters. The van der Waals surface area contributed by atoms with Crippen LogP contribution in [0.3, 0.4) is 0 Å². The van der Waals surface area contributed by atoms with Gasteiger partial charge in [0.15, 0.2) is 0 Å². The van der Waals surface area contributed by atoms with Crippen LogP contribution < -0.4 is 0 Å². The second-order valence-corrected chi connectivity index (χ2v) is 7.62. The van der Waals surface area contributed by atoms with Crippen LogP contribution in [0.2, 0.25) is 0 Å². The summed E-state index contributed by atoms with van der Waals surface area (Å²) in [4.78, 5) is 3.74. The van der Waals surface area contributed by atoms with Gasteiger partial charge in [0.2, 0.25) is 0 Å². The quantitative estimate of drug-likeness (QED) is 0.355. The Morgan fingerprint density at radius 3 is 2.14 bits per heavy atom. The van der Waals surface area contributed by atoms with Gasteiger partial charge in [-0.05, 0) is 48.0 Å². The number of aromatic nitrogens is 1. The lowest BCUT2D eigenvalue weighted by molar-refractivity contribution is 0.479. The number of hydrogen-bond donors (Lipinski definition) is 2. The highest BCUT2D eigenvalue weighted by molar-refractivity contribution is 7.86. The standard InChI is InChI=1S/C21H15N3O4S/c25-21-18(13-19(29(26,27)28)17-7-4-12-22-20(17)21)14-8-10-16(11-9-14)24-23-15-5-2-1-3-6-15/h1-13,25H,(H,26,27,28). The molecule has 0 bridgehead atoms. The van der Waals surface area contributed by atoms with Gasteiger partial charge in [0.1, 0.15) is 16.2 Å². The van der Waals surface area contributed by atoms with Crippen molar-refractivity contribution in [2.24, 2.45) is 10.2 Å². The van der Waals surface area contributed by atoms with Crippen molar-refractivity contribution in [2.75, 3.05) is 0 Å². The van der Waals surface area contributed by atoms with Crippen LogP contribution in [0.15, 0.2) is 94.1 Å². The Kier molecular flexibility index (Phi) is 4.79. The van der Waals surface area contributed by atoms with E-state index in [0.717, 1.165) is 0 Å². The molecule has 1 aromatic heterocycles. The molecule has 8 heteroatoms. The fourth-order valence-electron chi connectivity index (χ4n) is 2.95. The first kappa shape index (κ1) is 18.7. The zero-order valence-electron chi connectivity index (χ0n) is 15.0. The molecular formula is C21H15N3O4S. The van der Waals surface area contributed by atoms with Crippen molar-refractivity contribution in [1.82, 2.24) is 4.98 Å². The molecule has 0 aliphatic heterocycles. The van der Waals surface area contributed by atoms with Gasteiger partial charge in [0.05, 0.1) is 11.4 Å². The van der Waals surface area contributed by atoms with Crippen molar-refractivity contribution in [3.05, 3.63) is 79.0 Å². The molecule has 4 rings (SSSR count). The molecule has 0 saturated carbocycles. The van der Waals surface area contributed by atoms with Crippen LogP contribution in [-0.2, 0) is 10.1 Å². The molecule has 0 radical (unpaired) electrons. The van der Waals surface area contributed by atoms with Crippen molar-refractivity contribution in [2.45, 2.75) is 4.90 Å². The Balaban J connectivity index is 1.77. The van der Waals surface area contributed by atoms with Crippen molar-refractivity contribution >= 4 is 32.4 Å². The highest BCUT2D eigenvalue weighted by Gasteiger charge is 2.20. The Morgan fingerprint density at radius 1 is 0.828 bits per heavy atom. The Hall–Kier alpha value is -3.62. The van der Waals surface area contributed by atoms with Gasteiger partial charge in [-0.15, -0.1) is 0 Å². The van der Waals surface area contributed by atoms with Gasteiger partial charge in [0, 0.05) is 17.1 Å². The molecule has 3 aromatic carbocycles. The normalized spacial score (nSPS) is 11.9. The third-order valence-corrected chi connectivity index (χ3v) is 5.21. The molecule has 0 aliphatic carbocycles. The molecule has 144 valence electrons. The minimum absolute atomic E-state index is 0.0884. The maximum absolute atomic E-state index is 11.8. The number of fused-ring (bicyclic) bond motifs is 1. The van der Waals surface area contributed by atoms with Crippen LogP contribution >= 0.6 is 0 Å². The number of benzene rings is 3.